The Kier molecular flexibility index (Phi) is 5.39. The SMILES string of the molecule is COC(=O)c1ccc2c(c1)CCN2C(=O)CCc1c(C)nc2c(c(OC)nn2C)c1C. The predicted octanol–water partition coefficient (Wildman–Crippen LogP) is 2.90. The number of pyridine rings is 1. The van der Waals surface area contributed by atoms with E-state index in [2.05, 4.69) is 5.10 Å². The Labute approximate surface area is 180 Å². The Hall–Kier alpha value is -3.42. The van der Waals surface area contributed by atoms with Gasteiger partial charge in [0.2, 0.25) is 11.8 Å². The summed E-state index contributed by atoms with van der Waals surface area (Å²) >= 11 is 0. The standard InChI is InChI=1S/C23H26N4O4/c1-13-17(14(2)24-21-20(13)22(30-4)25-26(21)3)7-9-19(28)27-11-10-15-12-16(23(29)31-5)6-8-18(15)27/h6,8,12H,7,9-11H2,1-5H3. The molecular weight excluding hydrogens is 396 g/mol. The van der Waals surface area contributed by atoms with Crippen molar-refractivity contribution in [2.75, 3.05) is 25.7 Å². The molecule has 0 N–H and O–H groups in total. The third-order valence-corrected chi connectivity index (χ3v) is 6.00. The van der Waals surface area contributed by atoms with Crippen LogP contribution in [0.25, 0.3) is 11.0 Å². The third kappa shape index (κ3) is 3.52. The van der Waals surface area contributed by atoms with Crippen LogP contribution < -0.4 is 9.64 Å². The molecule has 0 spiro atoms. The summed E-state index contributed by atoms with van der Waals surface area (Å²) in [6.07, 6.45) is 1.68. The molecule has 1 amide bonds. The average Bonchev–Trinajstić information content (AvgIpc) is 3.33. The maximum Gasteiger partial charge on any atom is 0.337 e. The van der Waals surface area contributed by atoms with Gasteiger partial charge in [-0.2, -0.15) is 0 Å². The van der Waals surface area contributed by atoms with Crippen LogP contribution >= 0.6 is 0 Å². The van der Waals surface area contributed by atoms with Crippen molar-refractivity contribution < 1.29 is 19.1 Å². The van der Waals surface area contributed by atoms with Gasteiger partial charge in [-0.1, -0.05) is 0 Å². The average molecular weight is 422 g/mol. The molecule has 1 aromatic carbocycles. The van der Waals surface area contributed by atoms with Gasteiger partial charge in [0.1, 0.15) is 0 Å². The summed E-state index contributed by atoms with van der Waals surface area (Å²) in [5.41, 5.74) is 6.13. The van der Waals surface area contributed by atoms with Crippen molar-refractivity contribution in [3.8, 4) is 5.88 Å². The molecule has 0 aliphatic carbocycles. The topological polar surface area (TPSA) is 86.6 Å². The summed E-state index contributed by atoms with van der Waals surface area (Å²) in [7, 11) is 4.81. The number of carbonyl (C=O) groups excluding carboxylic acids is 2. The van der Waals surface area contributed by atoms with Gasteiger partial charge in [-0.25, -0.2) is 14.5 Å². The Morgan fingerprint density at radius 1 is 1.19 bits per heavy atom. The van der Waals surface area contributed by atoms with Crippen molar-refractivity contribution in [2.24, 2.45) is 7.05 Å². The van der Waals surface area contributed by atoms with E-state index >= 15 is 0 Å². The van der Waals surface area contributed by atoms with Crippen LogP contribution in [0.15, 0.2) is 18.2 Å². The summed E-state index contributed by atoms with van der Waals surface area (Å²) in [6, 6.07) is 5.35. The van der Waals surface area contributed by atoms with Crippen LogP contribution in [-0.4, -0.2) is 47.4 Å². The van der Waals surface area contributed by atoms with Crippen molar-refractivity contribution in [3.05, 3.63) is 46.1 Å². The molecular formula is C23H26N4O4. The molecule has 1 aliphatic rings. The number of nitrogens with zero attached hydrogens (tertiary/aromatic N) is 4. The molecule has 1 aliphatic heterocycles. The lowest BCUT2D eigenvalue weighted by atomic mass is 10.00. The van der Waals surface area contributed by atoms with E-state index in [0.29, 0.717) is 30.8 Å². The number of ether oxygens (including phenoxy) is 2. The van der Waals surface area contributed by atoms with Gasteiger partial charge in [0.25, 0.3) is 0 Å². The number of amides is 1. The number of rotatable bonds is 5. The molecule has 0 fully saturated rings. The zero-order valence-electron chi connectivity index (χ0n) is 18.5. The van der Waals surface area contributed by atoms with Gasteiger partial charge in [-0.15, -0.1) is 5.10 Å². The van der Waals surface area contributed by atoms with E-state index in [1.54, 1.807) is 22.8 Å². The van der Waals surface area contributed by atoms with Gasteiger partial charge < -0.3 is 14.4 Å². The number of carbonyl (C=O) groups is 2. The zero-order valence-corrected chi connectivity index (χ0v) is 18.5. The maximum atomic E-state index is 13.0. The van der Waals surface area contributed by atoms with Crippen LogP contribution in [0.5, 0.6) is 5.88 Å². The molecule has 0 saturated carbocycles. The van der Waals surface area contributed by atoms with Crippen LogP contribution in [-0.2, 0) is 29.4 Å². The smallest absolute Gasteiger partial charge is 0.337 e. The second kappa shape index (κ2) is 8.02. The van der Waals surface area contributed by atoms with Crippen LogP contribution in [0.3, 0.4) is 0 Å². The van der Waals surface area contributed by atoms with E-state index in [4.69, 9.17) is 14.5 Å². The van der Waals surface area contributed by atoms with Crippen LogP contribution in [0.1, 0.15) is 39.2 Å². The number of esters is 1. The lowest BCUT2D eigenvalue weighted by Crippen LogP contribution is -2.29. The van der Waals surface area contributed by atoms with E-state index in [0.717, 1.165) is 45.5 Å². The fourth-order valence-electron chi connectivity index (χ4n) is 4.38. The second-order valence-corrected chi connectivity index (χ2v) is 7.76. The zero-order chi connectivity index (χ0) is 22.3. The summed E-state index contributed by atoms with van der Waals surface area (Å²) in [4.78, 5) is 31.3. The maximum absolute atomic E-state index is 13.0. The number of methoxy groups -OCH3 is 2. The minimum Gasteiger partial charge on any atom is -0.479 e. The first-order chi connectivity index (χ1) is 14.8. The molecule has 162 valence electrons. The van der Waals surface area contributed by atoms with Crippen molar-refractivity contribution in [2.45, 2.75) is 33.1 Å². The van der Waals surface area contributed by atoms with Gasteiger partial charge in [-0.05, 0) is 61.6 Å². The molecule has 8 nitrogen and oxygen atoms in total. The normalized spacial score (nSPS) is 12.9. The van der Waals surface area contributed by atoms with Crippen LogP contribution in [0.2, 0.25) is 0 Å². The molecule has 8 heteroatoms. The van der Waals surface area contributed by atoms with E-state index in [1.165, 1.54) is 7.11 Å². The van der Waals surface area contributed by atoms with Crippen LogP contribution in [0, 0.1) is 13.8 Å². The fourth-order valence-corrected chi connectivity index (χ4v) is 4.38. The Balaban J connectivity index is 1.55. The van der Waals surface area contributed by atoms with E-state index in [1.807, 2.05) is 33.0 Å². The molecule has 4 rings (SSSR count). The highest BCUT2D eigenvalue weighted by atomic mass is 16.5. The quantitative estimate of drug-likeness (QED) is 0.588. The molecule has 3 aromatic rings. The van der Waals surface area contributed by atoms with E-state index in [-0.39, 0.29) is 11.9 Å². The number of benzene rings is 1. The Morgan fingerprint density at radius 2 is 1.97 bits per heavy atom. The van der Waals surface area contributed by atoms with E-state index < -0.39 is 0 Å². The largest absolute Gasteiger partial charge is 0.479 e. The van der Waals surface area contributed by atoms with Crippen molar-refractivity contribution >= 4 is 28.6 Å². The number of aromatic nitrogens is 3. The first kappa shape index (κ1) is 20.8. The molecule has 0 saturated heterocycles. The second-order valence-electron chi connectivity index (χ2n) is 7.76. The summed E-state index contributed by atoms with van der Waals surface area (Å²) < 4.78 is 11.9. The molecule has 0 radical (unpaired) electrons. The monoisotopic (exact) mass is 422 g/mol. The van der Waals surface area contributed by atoms with Crippen molar-refractivity contribution in [1.82, 2.24) is 14.8 Å². The molecule has 3 heterocycles. The minimum absolute atomic E-state index is 0.0571. The summed E-state index contributed by atoms with van der Waals surface area (Å²) in [5, 5.41) is 5.27. The molecule has 2 aromatic heterocycles. The number of hydrogen-bond donors (Lipinski definition) is 0. The Morgan fingerprint density at radius 3 is 2.68 bits per heavy atom. The van der Waals surface area contributed by atoms with Crippen molar-refractivity contribution in [3.63, 3.8) is 0 Å². The summed E-state index contributed by atoms with van der Waals surface area (Å²) in [5.74, 6) is 0.235. The number of aryl methyl sites for hydroxylation is 3. The highest BCUT2D eigenvalue weighted by Gasteiger charge is 2.26. The lowest BCUT2D eigenvalue weighted by Gasteiger charge is -2.18. The summed E-state index contributed by atoms with van der Waals surface area (Å²) in [6.45, 7) is 4.61. The highest BCUT2D eigenvalue weighted by Crippen LogP contribution is 2.32. The van der Waals surface area contributed by atoms with E-state index in [9.17, 15) is 9.59 Å². The van der Waals surface area contributed by atoms with Gasteiger partial charge in [0, 0.05) is 31.4 Å². The highest BCUT2D eigenvalue weighted by molar-refractivity contribution is 5.97. The third-order valence-electron chi connectivity index (χ3n) is 6.00. The van der Waals surface area contributed by atoms with Gasteiger partial charge in [-0.3, -0.25) is 4.79 Å². The number of anilines is 1. The van der Waals surface area contributed by atoms with Gasteiger partial charge in [0.15, 0.2) is 5.65 Å². The first-order valence-corrected chi connectivity index (χ1v) is 10.2. The molecule has 0 atom stereocenters. The lowest BCUT2D eigenvalue weighted by molar-refractivity contribution is -0.118. The predicted molar refractivity (Wildman–Crippen MR) is 117 cm³/mol. The first-order valence-electron chi connectivity index (χ1n) is 10.2. The number of hydrogen-bond acceptors (Lipinski definition) is 6. The minimum atomic E-state index is -0.368. The molecule has 0 unspecified atom stereocenters. The molecule has 31 heavy (non-hydrogen) atoms. The Bertz CT molecular complexity index is 1200. The molecule has 0 bridgehead atoms. The van der Waals surface area contributed by atoms with Crippen molar-refractivity contribution in [1.29, 1.82) is 0 Å². The van der Waals surface area contributed by atoms with Gasteiger partial charge >= 0.3 is 5.97 Å². The van der Waals surface area contributed by atoms with Crippen LogP contribution in [0.4, 0.5) is 5.69 Å². The van der Waals surface area contributed by atoms with Gasteiger partial charge in [0.05, 0.1) is 25.2 Å². The fraction of sp³-hybridized carbons (Fsp3) is 0.391. The number of fused-ring (bicyclic) bond motifs is 2.